The van der Waals surface area contributed by atoms with Gasteiger partial charge >= 0.3 is 0 Å². The summed E-state index contributed by atoms with van der Waals surface area (Å²) in [4.78, 5) is 2.28. The number of anilines is 1. The van der Waals surface area contributed by atoms with Gasteiger partial charge in [0, 0.05) is 12.2 Å². The number of hydrogen-bond donors (Lipinski definition) is 0. The van der Waals surface area contributed by atoms with Gasteiger partial charge in [-0.25, -0.2) is 4.39 Å². The van der Waals surface area contributed by atoms with Crippen molar-refractivity contribution in [2.45, 2.75) is 37.9 Å². The highest BCUT2D eigenvalue weighted by molar-refractivity contribution is 5.56. The monoisotopic (exact) mass is 205 g/mol. The fourth-order valence-electron chi connectivity index (χ4n) is 2.70. The predicted molar refractivity (Wildman–Crippen MR) is 60.0 cm³/mol. The molecule has 2 aliphatic rings. The zero-order valence-electron chi connectivity index (χ0n) is 8.82. The summed E-state index contributed by atoms with van der Waals surface area (Å²) in [6, 6.07) is 8.61. The SMILES string of the molecule is FC1CCC1N1CCCc2ccccc21. The summed E-state index contributed by atoms with van der Waals surface area (Å²) in [7, 11) is 0. The molecule has 15 heavy (non-hydrogen) atoms. The van der Waals surface area contributed by atoms with Crippen molar-refractivity contribution in [3.05, 3.63) is 29.8 Å². The topological polar surface area (TPSA) is 3.24 Å². The maximum absolute atomic E-state index is 13.4. The second-order valence-electron chi connectivity index (χ2n) is 4.59. The number of aryl methyl sites for hydroxylation is 1. The van der Waals surface area contributed by atoms with Gasteiger partial charge in [-0.3, -0.25) is 0 Å². The van der Waals surface area contributed by atoms with E-state index >= 15 is 0 Å². The summed E-state index contributed by atoms with van der Waals surface area (Å²) < 4.78 is 13.4. The molecule has 1 nitrogen and oxygen atoms in total. The fourth-order valence-corrected chi connectivity index (χ4v) is 2.70. The van der Waals surface area contributed by atoms with Crippen molar-refractivity contribution in [1.82, 2.24) is 0 Å². The van der Waals surface area contributed by atoms with Crippen LogP contribution in [-0.2, 0) is 6.42 Å². The summed E-state index contributed by atoms with van der Waals surface area (Å²) in [6.45, 7) is 1.03. The van der Waals surface area contributed by atoms with Crippen molar-refractivity contribution >= 4 is 5.69 Å². The molecule has 0 radical (unpaired) electrons. The molecule has 0 spiro atoms. The van der Waals surface area contributed by atoms with E-state index in [1.165, 1.54) is 17.7 Å². The lowest BCUT2D eigenvalue weighted by atomic mass is 9.86. The van der Waals surface area contributed by atoms with E-state index in [4.69, 9.17) is 0 Å². The maximum atomic E-state index is 13.4. The lowest BCUT2D eigenvalue weighted by Gasteiger charge is -2.44. The van der Waals surface area contributed by atoms with Crippen LogP contribution in [-0.4, -0.2) is 18.8 Å². The van der Waals surface area contributed by atoms with E-state index in [9.17, 15) is 4.39 Å². The molecule has 1 fully saturated rings. The number of fused-ring (bicyclic) bond motifs is 1. The Morgan fingerprint density at radius 1 is 1.20 bits per heavy atom. The lowest BCUT2D eigenvalue weighted by Crippen LogP contribution is -2.50. The minimum Gasteiger partial charge on any atom is -0.365 e. The van der Waals surface area contributed by atoms with Gasteiger partial charge in [0.05, 0.1) is 6.04 Å². The molecule has 1 heterocycles. The van der Waals surface area contributed by atoms with E-state index < -0.39 is 6.17 Å². The van der Waals surface area contributed by atoms with Crippen LogP contribution in [0.15, 0.2) is 24.3 Å². The second-order valence-corrected chi connectivity index (χ2v) is 4.59. The molecule has 0 amide bonds. The van der Waals surface area contributed by atoms with Crippen molar-refractivity contribution in [2.75, 3.05) is 11.4 Å². The van der Waals surface area contributed by atoms with E-state index in [2.05, 4.69) is 29.2 Å². The van der Waals surface area contributed by atoms with Crippen LogP contribution in [0.3, 0.4) is 0 Å². The number of rotatable bonds is 1. The van der Waals surface area contributed by atoms with Gasteiger partial charge in [0.15, 0.2) is 0 Å². The Labute approximate surface area is 89.9 Å². The van der Waals surface area contributed by atoms with Gasteiger partial charge < -0.3 is 4.90 Å². The lowest BCUT2D eigenvalue weighted by molar-refractivity contribution is 0.162. The number of nitrogens with zero attached hydrogens (tertiary/aromatic N) is 1. The van der Waals surface area contributed by atoms with Gasteiger partial charge in [-0.2, -0.15) is 0 Å². The Morgan fingerprint density at radius 2 is 2.07 bits per heavy atom. The molecular formula is C13H16FN. The smallest absolute Gasteiger partial charge is 0.120 e. The van der Waals surface area contributed by atoms with Crippen LogP contribution < -0.4 is 4.90 Å². The number of halogens is 1. The van der Waals surface area contributed by atoms with Crippen LogP contribution in [0, 0.1) is 0 Å². The Hall–Kier alpha value is -1.05. The van der Waals surface area contributed by atoms with Crippen LogP contribution in [0.5, 0.6) is 0 Å². The fraction of sp³-hybridized carbons (Fsp3) is 0.538. The van der Waals surface area contributed by atoms with Crippen LogP contribution in [0.2, 0.25) is 0 Å². The summed E-state index contributed by atoms with van der Waals surface area (Å²) in [5.41, 5.74) is 2.67. The maximum Gasteiger partial charge on any atom is 0.120 e. The van der Waals surface area contributed by atoms with Gasteiger partial charge in [0.25, 0.3) is 0 Å². The summed E-state index contributed by atoms with van der Waals surface area (Å²) in [5, 5.41) is 0. The van der Waals surface area contributed by atoms with Gasteiger partial charge in [-0.1, -0.05) is 18.2 Å². The highest BCUT2D eigenvalue weighted by Gasteiger charge is 2.37. The second kappa shape index (κ2) is 3.51. The summed E-state index contributed by atoms with van der Waals surface area (Å²) in [5.74, 6) is 0. The van der Waals surface area contributed by atoms with E-state index in [1.807, 2.05) is 0 Å². The molecule has 3 rings (SSSR count). The number of hydrogen-bond acceptors (Lipinski definition) is 1. The van der Waals surface area contributed by atoms with Gasteiger partial charge in [0.2, 0.25) is 0 Å². The van der Waals surface area contributed by atoms with Crippen LogP contribution in [0.4, 0.5) is 10.1 Å². The zero-order valence-corrected chi connectivity index (χ0v) is 8.82. The largest absolute Gasteiger partial charge is 0.365 e. The Balaban J connectivity index is 1.92. The molecule has 0 bridgehead atoms. The molecule has 1 aliphatic carbocycles. The summed E-state index contributed by atoms with van der Waals surface area (Å²) >= 11 is 0. The first-order valence-corrected chi connectivity index (χ1v) is 5.85. The third-order valence-corrected chi connectivity index (χ3v) is 3.70. The molecule has 1 aliphatic heterocycles. The number of alkyl halides is 1. The normalized spacial score (nSPS) is 29.5. The summed E-state index contributed by atoms with van der Waals surface area (Å²) in [6.07, 6.45) is 3.49. The predicted octanol–water partition coefficient (Wildman–Crippen LogP) is 2.94. The van der Waals surface area contributed by atoms with Gasteiger partial charge in [0.1, 0.15) is 6.17 Å². The van der Waals surface area contributed by atoms with Crippen LogP contribution in [0.1, 0.15) is 24.8 Å². The van der Waals surface area contributed by atoms with Gasteiger partial charge in [-0.05, 0) is 37.3 Å². The quantitative estimate of drug-likeness (QED) is 0.681. The molecule has 2 atom stereocenters. The molecule has 80 valence electrons. The molecule has 1 aromatic rings. The average molecular weight is 205 g/mol. The Kier molecular flexibility index (Phi) is 2.15. The van der Waals surface area contributed by atoms with E-state index in [0.29, 0.717) is 0 Å². The molecule has 0 aromatic heterocycles. The number of para-hydroxylation sites is 1. The zero-order chi connectivity index (χ0) is 10.3. The Morgan fingerprint density at radius 3 is 2.80 bits per heavy atom. The number of benzene rings is 1. The van der Waals surface area contributed by atoms with Crippen molar-refractivity contribution in [3.8, 4) is 0 Å². The van der Waals surface area contributed by atoms with Crippen molar-refractivity contribution < 1.29 is 4.39 Å². The standard InChI is InChI=1S/C13H16FN/c14-11-7-8-13(11)15-9-3-5-10-4-1-2-6-12(10)15/h1-2,4,6,11,13H,3,5,7-9H2. The highest BCUT2D eigenvalue weighted by atomic mass is 19.1. The minimum absolute atomic E-state index is 0.159. The van der Waals surface area contributed by atoms with Gasteiger partial charge in [-0.15, -0.1) is 0 Å². The molecular weight excluding hydrogens is 189 g/mol. The minimum atomic E-state index is -0.601. The van der Waals surface area contributed by atoms with Crippen LogP contribution in [0.25, 0.3) is 0 Å². The third kappa shape index (κ3) is 1.43. The van der Waals surface area contributed by atoms with Crippen molar-refractivity contribution in [3.63, 3.8) is 0 Å². The van der Waals surface area contributed by atoms with Crippen molar-refractivity contribution in [2.24, 2.45) is 0 Å². The molecule has 0 saturated heterocycles. The van der Waals surface area contributed by atoms with Crippen molar-refractivity contribution in [1.29, 1.82) is 0 Å². The molecule has 1 aromatic carbocycles. The first-order chi connectivity index (χ1) is 7.36. The third-order valence-electron chi connectivity index (χ3n) is 3.70. The molecule has 2 unspecified atom stereocenters. The Bertz CT molecular complexity index is 363. The van der Waals surface area contributed by atoms with E-state index in [1.54, 1.807) is 0 Å². The first-order valence-electron chi connectivity index (χ1n) is 5.85. The van der Waals surface area contributed by atoms with E-state index in [-0.39, 0.29) is 6.04 Å². The van der Waals surface area contributed by atoms with Crippen LogP contribution >= 0.6 is 0 Å². The average Bonchev–Trinajstić information content (AvgIpc) is 2.28. The molecule has 1 saturated carbocycles. The first kappa shape index (κ1) is 9.20. The highest BCUT2D eigenvalue weighted by Crippen LogP contribution is 2.36. The molecule has 2 heteroatoms. The van der Waals surface area contributed by atoms with E-state index in [0.717, 1.165) is 25.8 Å². The molecule has 0 N–H and O–H groups in total.